The zero-order valence-corrected chi connectivity index (χ0v) is 21.1. The van der Waals surface area contributed by atoms with Crippen molar-refractivity contribution in [1.82, 2.24) is 0 Å². The predicted molar refractivity (Wildman–Crippen MR) is 135 cm³/mol. The summed E-state index contributed by atoms with van der Waals surface area (Å²) < 4.78 is 10.6. The second-order valence-corrected chi connectivity index (χ2v) is 9.53. The van der Waals surface area contributed by atoms with Crippen molar-refractivity contribution >= 4 is 57.7 Å². The first-order valence-corrected chi connectivity index (χ1v) is 11.9. The van der Waals surface area contributed by atoms with Crippen LogP contribution < -0.4 is 14.4 Å². The number of aliphatic hydroxyl groups excluding tert-OH is 1. The number of aryl methyl sites for hydroxylation is 2. The number of hydrogen-bond acceptors (Lipinski definition) is 6. The summed E-state index contributed by atoms with van der Waals surface area (Å²) in [6, 6.07) is 9.81. The lowest BCUT2D eigenvalue weighted by Gasteiger charge is -2.26. The van der Waals surface area contributed by atoms with Crippen molar-refractivity contribution in [3.05, 3.63) is 79.0 Å². The van der Waals surface area contributed by atoms with Gasteiger partial charge in [0.2, 0.25) is 0 Å². The van der Waals surface area contributed by atoms with Crippen molar-refractivity contribution in [2.45, 2.75) is 19.9 Å². The number of Topliss-reactive ketones (excluding diaryl/α,β-unsaturated/α-hetero) is 1. The summed E-state index contributed by atoms with van der Waals surface area (Å²) in [5.41, 5.74) is 2.44. The molecule has 1 aliphatic rings. The van der Waals surface area contributed by atoms with E-state index < -0.39 is 23.5 Å². The van der Waals surface area contributed by atoms with Crippen molar-refractivity contribution in [2.75, 3.05) is 19.1 Å². The number of ether oxygens (including phenoxy) is 2. The van der Waals surface area contributed by atoms with Gasteiger partial charge in [0.1, 0.15) is 16.8 Å². The van der Waals surface area contributed by atoms with E-state index >= 15 is 0 Å². The number of amides is 1. The number of carbonyl (C=O) groups excluding carboxylic acids is 2. The van der Waals surface area contributed by atoms with Crippen molar-refractivity contribution in [3.63, 3.8) is 0 Å². The molecule has 176 valence electrons. The second kappa shape index (κ2) is 9.33. The molecular formula is C25H21Cl2NO5S. The molecule has 0 saturated carbocycles. The molecule has 1 aromatic heterocycles. The number of halogens is 2. The molecule has 2 aromatic carbocycles. The van der Waals surface area contributed by atoms with Gasteiger partial charge in [-0.25, -0.2) is 0 Å². The average Bonchev–Trinajstić information content (AvgIpc) is 3.41. The Bertz CT molecular complexity index is 1330. The molecule has 1 aliphatic heterocycles. The minimum absolute atomic E-state index is 0.0373. The predicted octanol–water partition coefficient (Wildman–Crippen LogP) is 6.32. The quantitative estimate of drug-likeness (QED) is 0.243. The molecule has 0 spiro atoms. The normalized spacial score (nSPS) is 17.4. The zero-order valence-electron chi connectivity index (χ0n) is 18.8. The van der Waals surface area contributed by atoms with E-state index in [-0.39, 0.29) is 32.7 Å². The van der Waals surface area contributed by atoms with Crippen LogP contribution in [0.1, 0.15) is 27.6 Å². The van der Waals surface area contributed by atoms with Crippen LogP contribution in [0.5, 0.6) is 11.5 Å². The van der Waals surface area contributed by atoms with E-state index in [2.05, 4.69) is 0 Å². The number of hydrogen-bond donors (Lipinski definition) is 1. The van der Waals surface area contributed by atoms with Gasteiger partial charge >= 0.3 is 0 Å². The number of aliphatic hydroxyl groups is 1. The number of carbonyl (C=O) groups is 2. The van der Waals surface area contributed by atoms with Gasteiger partial charge in [0, 0.05) is 10.6 Å². The molecule has 1 fully saturated rings. The molecule has 6 nitrogen and oxygen atoms in total. The lowest BCUT2D eigenvalue weighted by atomic mass is 9.98. The third-order valence-corrected chi connectivity index (χ3v) is 7.21. The molecule has 1 amide bonds. The van der Waals surface area contributed by atoms with Gasteiger partial charge in [0.25, 0.3) is 11.7 Å². The molecule has 1 unspecified atom stereocenters. The first kappa shape index (κ1) is 24.1. The molecule has 3 aromatic rings. The van der Waals surface area contributed by atoms with Crippen LogP contribution in [-0.4, -0.2) is 31.0 Å². The number of thiophene rings is 1. The number of benzene rings is 2. The van der Waals surface area contributed by atoms with Crippen molar-refractivity contribution < 1.29 is 24.2 Å². The lowest BCUT2D eigenvalue weighted by Crippen LogP contribution is -2.29. The highest BCUT2D eigenvalue weighted by molar-refractivity contribution is 7.10. The summed E-state index contributed by atoms with van der Waals surface area (Å²) in [6.45, 7) is 3.82. The van der Waals surface area contributed by atoms with Gasteiger partial charge in [0.15, 0.2) is 11.5 Å². The van der Waals surface area contributed by atoms with E-state index in [4.69, 9.17) is 32.7 Å². The van der Waals surface area contributed by atoms with Crippen LogP contribution in [0.15, 0.2) is 47.4 Å². The summed E-state index contributed by atoms with van der Waals surface area (Å²) in [6.07, 6.45) is 0. The molecule has 0 bridgehead atoms. The van der Waals surface area contributed by atoms with Crippen molar-refractivity contribution in [2.24, 2.45) is 0 Å². The Morgan fingerprint density at radius 3 is 2.35 bits per heavy atom. The Labute approximate surface area is 210 Å². The highest BCUT2D eigenvalue weighted by Gasteiger charge is 2.48. The Morgan fingerprint density at radius 1 is 1.06 bits per heavy atom. The number of nitrogens with zero attached hydrogens (tertiary/aromatic N) is 1. The third kappa shape index (κ3) is 3.83. The van der Waals surface area contributed by atoms with Crippen LogP contribution >= 0.6 is 34.5 Å². The van der Waals surface area contributed by atoms with Gasteiger partial charge in [-0.05, 0) is 43.0 Å². The summed E-state index contributed by atoms with van der Waals surface area (Å²) in [5, 5.41) is 13.4. The number of rotatable bonds is 5. The molecule has 4 rings (SSSR count). The molecule has 1 saturated heterocycles. The Balaban J connectivity index is 2.00. The first-order chi connectivity index (χ1) is 16.2. The minimum atomic E-state index is -0.842. The van der Waals surface area contributed by atoms with Gasteiger partial charge in [-0.1, -0.05) is 47.0 Å². The molecule has 34 heavy (non-hydrogen) atoms. The van der Waals surface area contributed by atoms with Crippen LogP contribution in [0.25, 0.3) is 5.76 Å². The van der Waals surface area contributed by atoms with Gasteiger partial charge in [0.05, 0.1) is 30.4 Å². The van der Waals surface area contributed by atoms with Gasteiger partial charge in [-0.15, -0.1) is 11.3 Å². The lowest BCUT2D eigenvalue weighted by molar-refractivity contribution is -0.132. The van der Waals surface area contributed by atoms with Gasteiger partial charge < -0.3 is 14.6 Å². The smallest absolute Gasteiger partial charge is 0.300 e. The van der Waals surface area contributed by atoms with Crippen LogP contribution in [0, 0.1) is 13.8 Å². The standard InChI is InChI=1S/C25H21Cl2NO5S/c1-12-7-8-16(13(2)10-12)28-20(17-6-5-9-34-17)18(22(30)25(28)31)21(29)14-11-15(26)24(33-4)19(27)23(14)32-3/h5-11,20,29H,1-4H3/b21-18-. The monoisotopic (exact) mass is 517 g/mol. The SMILES string of the molecule is COc1c(Cl)cc(/C(O)=C2/C(=O)C(=O)N(c3ccc(C)cc3C)C2c2cccs2)c(OC)c1Cl. The van der Waals surface area contributed by atoms with Crippen LogP contribution in [0.2, 0.25) is 10.0 Å². The zero-order chi connectivity index (χ0) is 24.7. The topological polar surface area (TPSA) is 76.1 Å². The van der Waals surface area contributed by atoms with E-state index in [0.29, 0.717) is 10.6 Å². The maximum Gasteiger partial charge on any atom is 0.300 e. The van der Waals surface area contributed by atoms with Crippen molar-refractivity contribution in [3.8, 4) is 11.5 Å². The van der Waals surface area contributed by atoms with E-state index in [1.165, 1.54) is 36.5 Å². The summed E-state index contributed by atoms with van der Waals surface area (Å²) in [7, 11) is 2.77. The Morgan fingerprint density at radius 2 is 1.76 bits per heavy atom. The molecule has 1 atom stereocenters. The number of methoxy groups -OCH3 is 2. The maximum atomic E-state index is 13.3. The minimum Gasteiger partial charge on any atom is -0.507 e. The fraction of sp³-hybridized carbons (Fsp3) is 0.200. The maximum absolute atomic E-state index is 13.3. The second-order valence-electron chi connectivity index (χ2n) is 7.76. The van der Waals surface area contributed by atoms with E-state index in [0.717, 1.165) is 11.1 Å². The van der Waals surface area contributed by atoms with Crippen molar-refractivity contribution in [1.29, 1.82) is 0 Å². The number of ketones is 1. The number of anilines is 1. The molecule has 2 heterocycles. The molecule has 0 radical (unpaired) electrons. The van der Waals surface area contributed by atoms with E-state index in [9.17, 15) is 14.7 Å². The summed E-state index contributed by atoms with van der Waals surface area (Å²) >= 11 is 14.1. The molecule has 0 aliphatic carbocycles. The Kier molecular flexibility index (Phi) is 6.62. The first-order valence-electron chi connectivity index (χ1n) is 10.2. The molecule has 9 heteroatoms. The fourth-order valence-electron chi connectivity index (χ4n) is 4.16. The average molecular weight is 518 g/mol. The van der Waals surface area contributed by atoms with Gasteiger partial charge in [-0.3, -0.25) is 14.5 Å². The molecule has 1 N–H and O–H groups in total. The summed E-state index contributed by atoms with van der Waals surface area (Å²) in [4.78, 5) is 28.8. The largest absolute Gasteiger partial charge is 0.507 e. The third-order valence-electron chi connectivity index (χ3n) is 5.66. The van der Waals surface area contributed by atoms with E-state index in [1.807, 2.05) is 43.5 Å². The summed E-state index contributed by atoms with van der Waals surface area (Å²) in [5.74, 6) is -1.75. The molecular weight excluding hydrogens is 497 g/mol. The van der Waals surface area contributed by atoms with Crippen LogP contribution in [0.4, 0.5) is 5.69 Å². The fourth-order valence-corrected chi connectivity index (χ4v) is 5.67. The van der Waals surface area contributed by atoms with Gasteiger partial charge in [-0.2, -0.15) is 0 Å². The highest BCUT2D eigenvalue weighted by atomic mass is 35.5. The van der Waals surface area contributed by atoms with E-state index in [1.54, 1.807) is 6.07 Å². The van der Waals surface area contributed by atoms with Crippen LogP contribution in [0.3, 0.4) is 0 Å². The Hall–Kier alpha value is -3.00. The highest BCUT2D eigenvalue weighted by Crippen LogP contribution is 2.48. The van der Waals surface area contributed by atoms with Crippen LogP contribution in [-0.2, 0) is 9.59 Å².